The predicted molar refractivity (Wildman–Crippen MR) is 82.6 cm³/mol. The molecule has 0 aliphatic heterocycles. The van der Waals surface area contributed by atoms with E-state index < -0.39 is 5.97 Å². The minimum absolute atomic E-state index is 0.512. The maximum Gasteiger partial charge on any atom is 0.328 e. The second kappa shape index (κ2) is 6.10. The molecule has 2 bridgehead atoms. The summed E-state index contributed by atoms with van der Waals surface area (Å²) in [6, 6.07) is 5.42. The van der Waals surface area contributed by atoms with Gasteiger partial charge in [0.05, 0.1) is 11.6 Å². The summed E-state index contributed by atoms with van der Waals surface area (Å²) in [5, 5.41) is 9.27. The molecule has 3 unspecified atom stereocenters. The van der Waals surface area contributed by atoms with Gasteiger partial charge in [-0.15, -0.1) is 0 Å². The van der Waals surface area contributed by atoms with Gasteiger partial charge >= 0.3 is 5.97 Å². The molecule has 3 nitrogen and oxygen atoms in total. The molecule has 3 atom stereocenters. The summed E-state index contributed by atoms with van der Waals surface area (Å²) in [5.74, 6) is 2.03. The van der Waals surface area contributed by atoms with Crippen LogP contribution in [0.1, 0.15) is 31.2 Å². The van der Waals surface area contributed by atoms with E-state index in [1.165, 1.54) is 31.8 Å². The lowest BCUT2D eigenvalue weighted by Crippen LogP contribution is -2.18. The number of carbonyl (C=O) groups is 1. The number of aliphatic carboxylic acids is 1. The molecule has 0 radical (unpaired) electrons. The van der Waals surface area contributed by atoms with Crippen LogP contribution in [0.4, 0.5) is 0 Å². The quantitative estimate of drug-likeness (QED) is 0.827. The number of hydrogen-bond acceptors (Lipinski definition) is 2. The van der Waals surface area contributed by atoms with Gasteiger partial charge in [0.1, 0.15) is 5.75 Å². The Labute approximate surface area is 129 Å². The average molecular weight is 307 g/mol. The summed E-state index contributed by atoms with van der Waals surface area (Å²) in [4.78, 5) is 10.7. The van der Waals surface area contributed by atoms with Crippen molar-refractivity contribution < 1.29 is 14.6 Å². The fraction of sp³-hybridized carbons (Fsp3) is 0.471. The first kappa shape index (κ1) is 14.5. The van der Waals surface area contributed by atoms with Gasteiger partial charge < -0.3 is 9.84 Å². The fourth-order valence-electron chi connectivity index (χ4n) is 3.74. The third-order valence-electron chi connectivity index (χ3n) is 4.74. The summed E-state index contributed by atoms with van der Waals surface area (Å²) in [6.07, 6.45) is 7.93. The van der Waals surface area contributed by atoms with Gasteiger partial charge in [-0.3, -0.25) is 0 Å². The number of rotatable bonds is 5. The zero-order chi connectivity index (χ0) is 14.8. The van der Waals surface area contributed by atoms with E-state index in [2.05, 4.69) is 0 Å². The smallest absolute Gasteiger partial charge is 0.328 e. The van der Waals surface area contributed by atoms with Gasteiger partial charge in [0.2, 0.25) is 0 Å². The van der Waals surface area contributed by atoms with Gasteiger partial charge in [-0.1, -0.05) is 24.1 Å². The molecule has 2 saturated carbocycles. The number of ether oxygens (including phenoxy) is 1. The van der Waals surface area contributed by atoms with Crippen LogP contribution in [0, 0.1) is 17.8 Å². The van der Waals surface area contributed by atoms with Gasteiger partial charge in [-0.05, 0) is 55.2 Å². The van der Waals surface area contributed by atoms with Crippen LogP contribution in [-0.4, -0.2) is 17.7 Å². The van der Waals surface area contributed by atoms with Crippen molar-refractivity contribution >= 4 is 23.6 Å². The van der Waals surface area contributed by atoms with Crippen LogP contribution in [0.15, 0.2) is 24.3 Å². The van der Waals surface area contributed by atoms with Crippen LogP contribution >= 0.6 is 11.6 Å². The van der Waals surface area contributed by atoms with Crippen molar-refractivity contribution in [3.05, 3.63) is 34.9 Å². The normalized spacial score (nSPS) is 27.4. The second-order valence-electron chi connectivity index (χ2n) is 6.07. The Bertz CT molecular complexity index is 567. The molecular weight excluding hydrogens is 288 g/mol. The highest BCUT2D eigenvalue weighted by molar-refractivity contribution is 6.32. The van der Waals surface area contributed by atoms with E-state index in [9.17, 15) is 4.79 Å². The van der Waals surface area contributed by atoms with Gasteiger partial charge in [0.15, 0.2) is 0 Å². The summed E-state index contributed by atoms with van der Waals surface area (Å²) in [5.41, 5.74) is 0.643. The number of carboxylic acid groups (broad SMARTS) is 1. The highest BCUT2D eigenvalue weighted by Crippen LogP contribution is 2.48. The van der Waals surface area contributed by atoms with Crippen LogP contribution in [0.3, 0.4) is 0 Å². The Morgan fingerprint density at radius 1 is 1.38 bits per heavy atom. The highest BCUT2D eigenvalue weighted by atomic mass is 35.5. The molecular formula is C17H19ClO3. The Morgan fingerprint density at radius 2 is 2.24 bits per heavy atom. The minimum Gasteiger partial charge on any atom is -0.493 e. The molecule has 2 aliphatic rings. The lowest BCUT2D eigenvalue weighted by Gasteiger charge is -2.22. The number of carboxylic acids is 1. The van der Waals surface area contributed by atoms with E-state index in [1.807, 2.05) is 12.1 Å². The van der Waals surface area contributed by atoms with Crippen molar-refractivity contribution in [3.63, 3.8) is 0 Å². The molecule has 1 N–H and O–H groups in total. The SMILES string of the molecule is O=C(O)/C=C/c1c(Cl)cccc1OCC1CC2CCC1C2. The maximum absolute atomic E-state index is 10.7. The topological polar surface area (TPSA) is 46.5 Å². The Balaban J connectivity index is 1.70. The van der Waals surface area contributed by atoms with Crippen LogP contribution in [0.2, 0.25) is 5.02 Å². The number of hydrogen-bond donors (Lipinski definition) is 1. The van der Waals surface area contributed by atoms with E-state index in [0.29, 0.717) is 28.9 Å². The Morgan fingerprint density at radius 3 is 2.90 bits per heavy atom. The van der Waals surface area contributed by atoms with Crippen molar-refractivity contribution in [2.75, 3.05) is 6.61 Å². The largest absolute Gasteiger partial charge is 0.493 e. The van der Waals surface area contributed by atoms with E-state index in [1.54, 1.807) is 6.07 Å². The third-order valence-corrected chi connectivity index (χ3v) is 5.07. The zero-order valence-corrected chi connectivity index (χ0v) is 12.6. The van der Waals surface area contributed by atoms with E-state index in [4.69, 9.17) is 21.4 Å². The standard InChI is InChI=1S/C17H19ClO3/c18-15-2-1-3-16(14(15)6-7-17(19)20)21-10-13-9-11-4-5-12(13)8-11/h1-3,6-7,11-13H,4-5,8-10H2,(H,19,20)/b7-6+. The molecule has 0 heterocycles. The predicted octanol–water partition coefficient (Wildman–Crippen LogP) is 4.25. The number of halogens is 1. The van der Waals surface area contributed by atoms with Crippen molar-refractivity contribution in [3.8, 4) is 5.75 Å². The molecule has 3 rings (SSSR count). The minimum atomic E-state index is -0.992. The number of fused-ring (bicyclic) bond motifs is 2. The summed E-state index contributed by atoms with van der Waals surface area (Å²) >= 11 is 6.15. The first-order valence-corrected chi connectivity index (χ1v) is 7.83. The fourth-order valence-corrected chi connectivity index (χ4v) is 3.97. The lowest BCUT2D eigenvalue weighted by molar-refractivity contribution is -0.131. The molecule has 1 aromatic carbocycles. The van der Waals surface area contributed by atoms with Gasteiger partial charge in [0.25, 0.3) is 0 Å². The first-order valence-electron chi connectivity index (χ1n) is 7.46. The van der Waals surface area contributed by atoms with E-state index >= 15 is 0 Å². The molecule has 2 aliphatic carbocycles. The molecule has 0 saturated heterocycles. The van der Waals surface area contributed by atoms with E-state index in [-0.39, 0.29) is 0 Å². The van der Waals surface area contributed by atoms with Crippen LogP contribution < -0.4 is 4.74 Å². The molecule has 4 heteroatoms. The van der Waals surface area contributed by atoms with Crippen LogP contribution in [0.5, 0.6) is 5.75 Å². The number of benzene rings is 1. The average Bonchev–Trinajstić information content (AvgIpc) is 3.06. The molecule has 2 fully saturated rings. The maximum atomic E-state index is 10.7. The molecule has 0 amide bonds. The van der Waals surface area contributed by atoms with E-state index in [0.717, 1.165) is 17.9 Å². The van der Waals surface area contributed by atoms with Crippen LogP contribution in [0.25, 0.3) is 6.08 Å². The van der Waals surface area contributed by atoms with Crippen molar-refractivity contribution in [2.45, 2.75) is 25.7 Å². The molecule has 0 spiro atoms. The van der Waals surface area contributed by atoms with Crippen molar-refractivity contribution in [2.24, 2.45) is 17.8 Å². The molecule has 1 aromatic rings. The monoisotopic (exact) mass is 306 g/mol. The summed E-state index contributed by atoms with van der Waals surface area (Å²) in [7, 11) is 0. The summed E-state index contributed by atoms with van der Waals surface area (Å²) < 4.78 is 5.96. The summed E-state index contributed by atoms with van der Waals surface area (Å²) in [6.45, 7) is 0.704. The van der Waals surface area contributed by atoms with Gasteiger partial charge in [0, 0.05) is 11.6 Å². The molecule has 112 valence electrons. The molecule has 21 heavy (non-hydrogen) atoms. The van der Waals surface area contributed by atoms with Gasteiger partial charge in [-0.2, -0.15) is 0 Å². The molecule has 0 aromatic heterocycles. The second-order valence-corrected chi connectivity index (χ2v) is 6.48. The van der Waals surface area contributed by atoms with Crippen molar-refractivity contribution in [1.29, 1.82) is 0 Å². The lowest BCUT2D eigenvalue weighted by atomic mass is 9.89. The van der Waals surface area contributed by atoms with Crippen molar-refractivity contribution in [1.82, 2.24) is 0 Å². The highest BCUT2D eigenvalue weighted by Gasteiger charge is 2.39. The Kier molecular flexibility index (Phi) is 4.20. The van der Waals surface area contributed by atoms with Crippen LogP contribution in [-0.2, 0) is 4.79 Å². The first-order chi connectivity index (χ1) is 10.1. The Hall–Kier alpha value is -1.48. The third kappa shape index (κ3) is 3.24. The van der Waals surface area contributed by atoms with Gasteiger partial charge in [-0.25, -0.2) is 4.79 Å². The zero-order valence-electron chi connectivity index (χ0n) is 11.8.